The van der Waals surface area contributed by atoms with Gasteiger partial charge in [0.2, 0.25) is 5.91 Å². The highest BCUT2D eigenvalue weighted by Gasteiger charge is 2.32. The number of piperazine rings is 1. The summed E-state index contributed by atoms with van der Waals surface area (Å²) in [4.78, 5) is 59.2. The number of thiocarbonyl (C=S) groups is 1. The number of carbonyl (C=O) groups is 3. The van der Waals surface area contributed by atoms with Gasteiger partial charge in [-0.25, -0.2) is 0 Å². The van der Waals surface area contributed by atoms with Crippen LogP contribution in [0, 0.1) is 10.1 Å². The minimum absolute atomic E-state index is 0.0119. The van der Waals surface area contributed by atoms with Crippen molar-refractivity contribution < 1.29 is 19.3 Å². The minimum atomic E-state index is -0.468. The van der Waals surface area contributed by atoms with Gasteiger partial charge in [-0.05, 0) is 72.1 Å². The van der Waals surface area contributed by atoms with Crippen molar-refractivity contribution in [2.24, 2.45) is 4.99 Å². The van der Waals surface area contributed by atoms with Crippen LogP contribution in [0.3, 0.4) is 0 Å². The Labute approximate surface area is 273 Å². The normalized spacial score (nSPS) is 19.0. The van der Waals surface area contributed by atoms with Gasteiger partial charge in [0.15, 0.2) is 5.17 Å². The number of rotatable bonds is 9. The van der Waals surface area contributed by atoms with Gasteiger partial charge in [0, 0.05) is 56.3 Å². The zero-order valence-electron chi connectivity index (χ0n) is 23.5. The van der Waals surface area contributed by atoms with Gasteiger partial charge >= 0.3 is 0 Å². The molecule has 3 aliphatic rings. The van der Waals surface area contributed by atoms with E-state index in [4.69, 9.17) is 23.8 Å². The van der Waals surface area contributed by atoms with Crippen LogP contribution in [0.15, 0.2) is 63.3 Å². The topological polar surface area (TPSA) is 116 Å². The SMILES string of the molecule is O=C1N=C(N2CCN(C(=O)CCCCCN3C(=O)C(=Cc4ccc(Cl)cc4)SC3=S)CC2)SC1=Cc1ccc([N+](=O)[O-])cc1. The third-order valence-electron chi connectivity index (χ3n) is 7.23. The summed E-state index contributed by atoms with van der Waals surface area (Å²) in [7, 11) is 0. The number of nitrogens with zero attached hydrogens (tertiary/aromatic N) is 5. The number of halogens is 1. The first-order valence-electron chi connectivity index (χ1n) is 14.0. The van der Waals surface area contributed by atoms with E-state index in [2.05, 4.69) is 4.99 Å². The van der Waals surface area contributed by atoms with Crippen LogP contribution in [0.5, 0.6) is 0 Å². The number of non-ortho nitro benzene ring substituents is 1. The lowest BCUT2D eigenvalue weighted by molar-refractivity contribution is -0.384. The molecule has 14 heteroatoms. The third kappa shape index (κ3) is 7.95. The predicted octanol–water partition coefficient (Wildman–Crippen LogP) is 5.82. The number of amides is 3. The average molecular weight is 670 g/mol. The summed E-state index contributed by atoms with van der Waals surface area (Å²) >= 11 is 13.9. The van der Waals surface area contributed by atoms with E-state index in [1.807, 2.05) is 28.0 Å². The van der Waals surface area contributed by atoms with Crippen LogP contribution >= 0.6 is 47.3 Å². The molecule has 2 saturated heterocycles. The summed E-state index contributed by atoms with van der Waals surface area (Å²) in [6, 6.07) is 13.3. The molecule has 0 unspecified atom stereocenters. The Morgan fingerprint density at radius 1 is 0.932 bits per heavy atom. The van der Waals surface area contributed by atoms with Crippen molar-refractivity contribution in [3.05, 3.63) is 84.6 Å². The van der Waals surface area contributed by atoms with Crippen molar-refractivity contribution in [1.29, 1.82) is 0 Å². The number of hydrogen-bond donors (Lipinski definition) is 0. The first-order chi connectivity index (χ1) is 21.2. The molecule has 0 spiro atoms. The van der Waals surface area contributed by atoms with Crippen LogP contribution in [-0.4, -0.2) is 79.6 Å². The number of carbonyl (C=O) groups excluding carboxylic acids is 3. The highest BCUT2D eigenvalue weighted by atomic mass is 35.5. The Morgan fingerprint density at radius 2 is 1.57 bits per heavy atom. The van der Waals surface area contributed by atoms with Crippen LogP contribution in [-0.2, 0) is 14.4 Å². The molecule has 2 fully saturated rings. The quantitative estimate of drug-likeness (QED) is 0.107. The molecule has 10 nitrogen and oxygen atoms in total. The molecular formula is C30H28ClN5O5S3. The number of nitro groups is 1. The van der Waals surface area contributed by atoms with Crippen LogP contribution in [0.4, 0.5) is 5.69 Å². The van der Waals surface area contributed by atoms with Crippen molar-refractivity contribution in [1.82, 2.24) is 14.7 Å². The lowest BCUT2D eigenvalue weighted by Crippen LogP contribution is -2.49. The maximum atomic E-state index is 12.8. The van der Waals surface area contributed by atoms with Gasteiger partial charge < -0.3 is 9.80 Å². The molecule has 5 rings (SSSR count). The average Bonchev–Trinajstić information content (AvgIpc) is 3.51. The number of thioether (sulfide) groups is 2. The maximum Gasteiger partial charge on any atom is 0.286 e. The van der Waals surface area contributed by atoms with Crippen molar-refractivity contribution in [2.75, 3.05) is 32.7 Å². The second-order valence-electron chi connectivity index (χ2n) is 10.2. The highest BCUT2D eigenvalue weighted by Crippen LogP contribution is 2.33. The molecule has 0 atom stereocenters. The molecule has 2 aromatic carbocycles. The van der Waals surface area contributed by atoms with E-state index >= 15 is 0 Å². The molecule has 0 aliphatic carbocycles. The molecule has 3 aliphatic heterocycles. The summed E-state index contributed by atoms with van der Waals surface area (Å²) < 4.78 is 0.546. The summed E-state index contributed by atoms with van der Waals surface area (Å²) in [5, 5.41) is 12.1. The Balaban J connectivity index is 1.01. The van der Waals surface area contributed by atoms with E-state index in [1.165, 1.54) is 35.7 Å². The van der Waals surface area contributed by atoms with Crippen molar-refractivity contribution in [2.45, 2.75) is 25.7 Å². The Kier molecular flexibility index (Phi) is 10.5. The largest absolute Gasteiger partial charge is 0.347 e. The van der Waals surface area contributed by atoms with E-state index < -0.39 is 4.92 Å². The van der Waals surface area contributed by atoms with Crippen LogP contribution in [0.2, 0.25) is 5.02 Å². The van der Waals surface area contributed by atoms with Crippen molar-refractivity contribution in [3.8, 4) is 0 Å². The van der Waals surface area contributed by atoms with Crippen molar-refractivity contribution in [3.63, 3.8) is 0 Å². The van der Waals surface area contributed by atoms with Crippen LogP contribution in [0.1, 0.15) is 36.8 Å². The fourth-order valence-electron chi connectivity index (χ4n) is 4.81. The van der Waals surface area contributed by atoms with Crippen molar-refractivity contribution >= 4 is 92.4 Å². The van der Waals surface area contributed by atoms with Gasteiger partial charge in [0.25, 0.3) is 17.5 Å². The number of hydrogen-bond acceptors (Lipinski definition) is 9. The first-order valence-corrected chi connectivity index (χ1v) is 16.4. The van der Waals surface area contributed by atoms with Gasteiger partial charge in [0.1, 0.15) is 4.32 Å². The van der Waals surface area contributed by atoms with E-state index in [9.17, 15) is 24.5 Å². The number of aliphatic imine (C=N–C) groups is 1. The van der Waals surface area contributed by atoms with Gasteiger partial charge in [-0.3, -0.25) is 29.4 Å². The Morgan fingerprint density at radius 3 is 2.23 bits per heavy atom. The molecule has 0 radical (unpaired) electrons. The second-order valence-corrected chi connectivity index (χ2v) is 13.3. The predicted molar refractivity (Wildman–Crippen MR) is 179 cm³/mol. The number of nitro benzene ring substituents is 1. The zero-order chi connectivity index (χ0) is 31.2. The zero-order valence-corrected chi connectivity index (χ0v) is 26.7. The van der Waals surface area contributed by atoms with E-state index in [0.717, 1.165) is 24.8 Å². The van der Waals surface area contributed by atoms with Crippen LogP contribution in [0.25, 0.3) is 12.2 Å². The Hall–Kier alpha value is -3.52. The second kappa shape index (κ2) is 14.5. The van der Waals surface area contributed by atoms with Gasteiger partial charge in [-0.1, -0.05) is 54.1 Å². The number of amidine groups is 1. The Bertz CT molecular complexity index is 1570. The summed E-state index contributed by atoms with van der Waals surface area (Å²) in [6.45, 7) is 2.77. The molecular weight excluding hydrogens is 642 g/mol. The molecule has 2 aromatic rings. The molecule has 0 saturated carbocycles. The smallest absolute Gasteiger partial charge is 0.286 e. The fourth-order valence-corrected chi connectivity index (χ4v) is 7.21. The lowest BCUT2D eigenvalue weighted by Gasteiger charge is -2.35. The van der Waals surface area contributed by atoms with E-state index in [0.29, 0.717) is 69.0 Å². The molecule has 3 heterocycles. The first kappa shape index (κ1) is 31.9. The number of benzene rings is 2. The standard InChI is InChI=1S/C30H28ClN5O5S3/c31-22-9-5-20(6-10-22)19-25-28(39)35(30(42)44-25)13-3-1-2-4-26(37)33-14-16-34(17-15-33)29-32-27(38)24(43-29)18-21-7-11-23(12-8-21)36(40)41/h5-12,18-19H,1-4,13-17H2. The van der Waals surface area contributed by atoms with Gasteiger partial charge in [0.05, 0.1) is 14.7 Å². The molecule has 0 N–H and O–H groups in total. The highest BCUT2D eigenvalue weighted by molar-refractivity contribution is 8.26. The maximum absolute atomic E-state index is 12.8. The monoisotopic (exact) mass is 669 g/mol. The van der Waals surface area contributed by atoms with Gasteiger partial charge in [-0.2, -0.15) is 4.99 Å². The molecule has 0 bridgehead atoms. The van der Waals surface area contributed by atoms with Crippen LogP contribution < -0.4 is 0 Å². The molecule has 3 amide bonds. The summed E-state index contributed by atoms with van der Waals surface area (Å²) in [5.41, 5.74) is 1.56. The summed E-state index contributed by atoms with van der Waals surface area (Å²) in [6.07, 6.45) is 6.21. The molecule has 0 aromatic heterocycles. The fraction of sp³-hybridized carbons (Fsp3) is 0.300. The minimum Gasteiger partial charge on any atom is -0.347 e. The number of unbranched alkanes of at least 4 members (excludes halogenated alkanes) is 2. The molecule has 228 valence electrons. The van der Waals surface area contributed by atoms with Gasteiger partial charge in [-0.15, -0.1) is 0 Å². The molecule has 44 heavy (non-hydrogen) atoms. The summed E-state index contributed by atoms with van der Waals surface area (Å²) in [5.74, 6) is -0.341. The van der Waals surface area contributed by atoms with E-state index in [1.54, 1.807) is 35.2 Å². The lowest BCUT2D eigenvalue weighted by atomic mass is 10.1. The van der Waals surface area contributed by atoms with E-state index in [-0.39, 0.29) is 23.4 Å². The third-order valence-corrected chi connectivity index (χ3v) is 9.90.